The molecule has 4 rings (SSSR count). The molecule has 1 aromatic heterocycles. The van der Waals surface area contributed by atoms with Gasteiger partial charge >= 0.3 is 0 Å². The zero-order valence-electron chi connectivity index (χ0n) is 15.9. The Bertz CT molecular complexity index is 782. The van der Waals surface area contributed by atoms with Crippen LogP contribution in [0.1, 0.15) is 28.6 Å². The summed E-state index contributed by atoms with van der Waals surface area (Å²) in [5.41, 5.74) is 3.25. The molecule has 1 amide bonds. The summed E-state index contributed by atoms with van der Waals surface area (Å²) in [6, 6.07) is 10.7. The van der Waals surface area contributed by atoms with Crippen molar-refractivity contribution in [2.24, 2.45) is 0 Å². The van der Waals surface area contributed by atoms with Crippen molar-refractivity contribution >= 4 is 11.6 Å². The minimum Gasteiger partial charge on any atom is -0.467 e. The second-order valence-electron chi connectivity index (χ2n) is 7.41. The number of piperazine rings is 1. The fraction of sp³-hybridized carbons (Fsp3) is 0.476. The number of benzene rings is 1. The number of nitrogens with one attached hydrogen (secondary N) is 2. The van der Waals surface area contributed by atoms with E-state index in [4.69, 9.17) is 4.42 Å². The minimum atomic E-state index is -0.0472. The van der Waals surface area contributed by atoms with Gasteiger partial charge in [0.1, 0.15) is 5.76 Å². The first-order valence-corrected chi connectivity index (χ1v) is 9.84. The number of carbonyl (C=O) groups is 1. The largest absolute Gasteiger partial charge is 0.467 e. The zero-order valence-corrected chi connectivity index (χ0v) is 15.9. The molecule has 27 heavy (non-hydrogen) atoms. The van der Waals surface area contributed by atoms with Gasteiger partial charge in [-0.1, -0.05) is 18.2 Å². The summed E-state index contributed by atoms with van der Waals surface area (Å²) in [5.74, 6) is 0.687. The Kier molecular flexibility index (Phi) is 5.45. The van der Waals surface area contributed by atoms with Crippen LogP contribution in [0, 0.1) is 0 Å². The molecule has 2 aromatic rings. The van der Waals surface area contributed by atoms with Crippen molar-refractivity contribution in [3.8, 4) is 0 Å². The highest BCUT2D eigenvalue weighted by Gasteiger charge is 2.28. The molecule has 3 heterocycles. The Labute approximate surface area is 160 Å². The number of para-hydroxylation sites is 1. The van der Waals surface area contributed by atoms with Crippen molar-refractivity contribution in [2.45, 2.75) is 25.9 Å². The molecule has 1 aromatic carbocycles. The Morgan fingerprint density at radius 1 is 1.26 bits per heavy atom. The van der Waals surface area contributed by atoms with Crippen molar-refractivity contribution < 1.29 is 9.21 Å². The summed E-state index contributed by atoms with van der Waals surface area (Å²) in [4.78, 5) is 17.3. The van der Waals surface area contributed by atoms with Gasteiger partial charge in [-0.3, -0.25) is 9.69 Å². The molecule has 0 bridgehead atoms. The van der Waals surface area contributed by atoms with E-state index in [0.29, 0.717) is 24.7 Å². The molecular weight excluding hydrogens is 340 g/mol. The van der Waals surface area contributed by atoms with Gasteiger partial charge in [-0.15, -0.1) is 0 Å². The van der Waals surface area contributed by atoms with Gasteiger partial charge in [0, 0.05) is 51.0 Å². The molecule has 1 atom stereocenters. The maximum atomic E-state index is 12.6. The first-order chi connectivity index (χ1) is 13.2. The lowest BCUT2D eigenvalue weighted by Crippen LogP contribution is -2.46. The van der Waals surface area contributed by atoms with E-state index in [9.17, 15) is 4.79 Å². The lowest BCUT2D eigenvalue weighted by Gasteiger charge is -2.27. The van der Waals surface area contributed by atoms with Gasteiger partial charge in [0.25, 0.3) is 5.91 Å². The summed E-state index contributed by atoms with van der Waals surface area (Å²) in [5, 5.41) is 6.39. The highest BCUT2D eigenvalue weighted by Crippen LogP contribution is 2.33. The van der Waals surface area contributed by atoms with E-state index in [-0.39, 0.29) is 5.91 Å². The maximum Gasteiger partial charge on any atom is 0.254 e. The molecule has 1 saturated heterocycles. The number of amides is 1. The molecule has 1 unspecified atom stereocenters. The molecule has 0 aliphatic carbocycles. The topological polar surface area (TPSA) is 60.8 Å². The van der Waals surface area contributed by atoms with Crippen LogP contribution >= 0.6 is 0 Å². The van der Waals surface area contributed by atoms with Crippen molar-refractivity contribution in [1.29, 1.82) is 0 Å². The van der Waals surface area contributed by atoms with Crippen LogP contribution < -0.4 is 15.5 Å². The third kappa shape index (κ3) is 4.01. The Morgan fingerprint density at radius 2 is 2.07 bits per heavy atom. The van der Waals surface area contributed by atoms with Gasteiger partial charge in [0.15, 0.2) is 0 Å². The van der Waals surface area contributed by atoms with Gasteiger partial charge in [-0.05, 0) is 31.0 Å². The predicted octanol–water partition coefficient (Wildman–Crippen LogP) is 1.87. The smallest absolute Gasteiger partial charge is 0.254 e. The minimum absolute atomic E-state index is 0.0472. The Balaban J connectivity index is 1.37. The van der Waals surface area contributed by atoms with Crippen molar-refractivity contribution in [2.75, 3.05) is 44.2 Å². The Morgan fingerprint density at radius 3 is 2.93 bits per heavy atom. The van der Waals surface area contributed by atoms with E-state index in [1.54, 1.807) is 12.3 Å². The third-order valence-corrected chi connectivity index (χ3v) is 5.58. The number of nitrogens with zero attached hydrogens (tertiary/aromatic N) is 2. The van der Waals surface area contributed by atoms with Gasteiger partial charge < -0.3 is 20.0 Å². The molecule has 2 aliphatic rings. The van der Waals surface area contributed by atoms with Crippen LogP contribution in [-0.2, 0) is 13.0 Å². The van der Waals surface area contributed by atoms with E-state index in [2.05, 4.69) is 51.6 Å². The SMILES string of the molecule is CC1Cc2ccccc2N1Cc1occc1C(=O)NCCN1CCNCC1. The van der Waals surface area contributed by atoms with E-state index in [0.717, 1.165) is 44.9 Å². The van der Waals surface area contributed by atoms with Gasteiger partial charge in [-0.25, -0.2) is 0 Å². The lowest BCUT2D eigenvalue weighted by atomic mass is 10.1. The van der Waals surface area contributed by atoms with E-state index >= 15 is 0 Å². The van der Waals surface area contributed by atoms with Gasteiger partial charge in [-0.2, -0.15) is 0 Å². The van der Waals surface area contributed by atoms with Crippen molar-refractivity contribution in [1.82, 2.24) is 15.5 Å². The predicted molar refractivity (Wildman–Crippen MR) is 106 cm³/mol. The van der Waals surface area contributed by atoms with Crippen LogP contribution in [0.2, 0.25) is 0 Å². The normalized spacial score (nSPS) is 19.9. The molecule has 0 saturated carbocycles. The summed E-state index contributed by atoms with van der Waals surface area (Å²) in [6.07, 6.45) is 2.65. The van der Waals surface area contributed by atoms with E-state index in [1.807, 2.05) is 0 Å². The summed E-state index contributed by atoms with van der Waals surface area (Å²) < 4.78 is 5.69. The molecule has 2 N–H and O–H groups in total. The third-order valence-electron chi connectivity index (χ3n) is 5.58. The summed E-state index contributed by atoms with van der Waals surface area (Å²) in [7, 11) is 0. The number of furan rings is 1. The highest BCUT2D eigenvalue weighted by molar-refractivity contribution is 5.95. The monoisotopic (exact) mass is 368 g/mol. The average Bonchev–Trinajstić information content (AvgIpc) is 3.28. The summed E-state index contributed by atoms with van der Waals surface area (Å²) >= 11 is 0. The first-order valence-electron chi connectivity index (χ1n) is 9.84. The van der Waals surface area contributed by atoms with Crippen LogP contribution in [0.15, 0.2) is 41.0 Å². The fourth-order valence-corrected chi connectivity index (χ4v) is 4.05. The zero-order chi connectivity index (χ0) is 18.6. The maximum absolute atomic E-state index is 12.6. The second kappa shape index (κ2) is 8.15. The van der Waals surface area contributed by atoms with Gasteiger partial charge in [0.2, 0.25) is 0 Å². The fourth-order valence-electron chi connectivity index (χ4n) is 4.05. The number of carbonyl (C=O) groups excluding carboxylic acids is 1. The molecule has 144 valence electrons. The second-order valence-corrected chi connectivity index (χ2v) is 7.41. The lowest BCUT2D eigenvalue weighted by molar-refractivity contribution is 0.0945. The number of fused-ring (bicyclic) bond motifs is 1. The molecule has 0 radical (unpaired) electrons. The standard InChI is InChI=1S/C21H28N4O2/c1-16-14-17-4-2-3-5-19(17)25(16)15-20-18(6-13-27-20)21(26)23-9-12-24-10-7-22-8-11-24/h2-6,13,16,22H,7-12,14-15H2,1H3,(H,23,26). The molecule has 1 fully saturated rings. The first kappa shape index (κ1) is 18.1. The Hall–Kier alpha value is -2.31. The average molecular weight is 368 g/mol. The summed E-state index contributed by atoms with van der Waals surface area (Å²) in [6.45, 7) is 8.51. The number of hydrogen-bond donors (Lipinski definition) is 2. The van der Waals surface area contributed by atoms with E-state index in [1.165, 1.54) is 11.3 Å². The highest BCUT2D eigenvalue weighted by atomic mass is 16.3. The van der Waals surface area contributed by atoms with Crippen LogP contribution in [0.4, 0.5) is 5.69 Å². The van der Waals surface area contributed by atoms with Crippen LogP contribution in [-0.4, -0.2) is 56.1 Å². The van der Waals surface area contributed by atoms with Crippen molar-refractivity contribution in [3.05, 3.63) is 53.5 Å². The van der Waals surface area contributed by atoms with Gasteiger partial charge in [0.05, 0.1) is 18.4 Å². The van der Waals surface area contributed by atoms with Crippen LogP contribution in [0.25, 0.3) is 0 Å². The molecule has 0 spiro atoms. The van der Waals surface area contributed by atoms with Crippen LogP contribution in [0.3, 0.4) is 0 Å². The van der Waals surface area contributed by atoms with Crippen molar-refractivity contribution in [3.63, 3.8) is 0 Å². The number of anilines is 1. The molecule has 6 heteroatoms. The molecular formula is C21H28N4O2. The van der Waals surface area contributed by atoms with E-state index < -0.39 is 0 Å². The molecule has 6 nitrogen and oxygen atoms in total. The van der Waals surface area contributed by atoms with Crippen LogP contribution in [0.5, 0.6) is 0 Å². The quantitative estimate of drug-likeness (QED) is 0.815. The number of rotatable bonds is 6. The number of hydrogen-bond acceptors (Lipinski definition) is 5. The molecule has 2 aliphatic heterocycles.